The van der Waals surface area contributed by atoms with Crippen molar-refractivity contribution in [1.82, 2.24) is 10.2 Å². The third kappa shape index (κ3) is 3.45. The lowest BCUT2D eigenvalue weighted by Gasteiger charge is -2.23. The van der Waals surface area contributed by atoms with Gasteiger partial charge in [-0.05, 0) is 25.2 Å². The second-order valence-electron chi connectivity index (χ2n) is 5.19. The van der Waals surface area contributed by atoms with Crippen LogP contribution in [-0.2, 0) is 9.59 Å². The fourth-order valence-electron chi connectivity index (χ4n) is 2.37. The van der Waals surface area contributed by atoms with Gasteiger partial charge in [0.05, 0.1) is 0 Å². The van der Waals surface area contributed by atoms with Gasteiger partial charge in [0.2, 0.25) is 11.8 Å². The molecule has 1 aliphatic heterocycles. The van der Waals surface area contributed by atoms with Crippen LogP contribution in [0, 0.1) is 5.92 Å². The van der Waals surface area contributed by atoms with Crippen molar-refractivity contribution in [3.05, 3.63) is 0 Å². The van der Waals surface area contributed by atoms with E-state index in [1.165, 1.54) is 19.3 Å². The second-order valence-corrected chi connectivity index (χ2v) is 5.19. The van der Waals surface area contributed by atoms with Crippen LogP contribution in [0.4, 0.5) is 0 Å². The second kappa shape index (κ2) is 5.52. The fourth-order valence-corrected chi connectivity index (χ4v) is 2.37. The van der Waals surface area contributed by atoms with Crippen LogP contribution in [0.25, 0.3) is 0 Å². The van der Waals surface area contributed by atoms with E-state index >= 15 is 0 Å². The van der Waals surface area contributed by atoms with Crippen LogP contribution in [0.2, 0.25) is 0 Å². The van der Waals surface area contributed by atoms with E-state index < -0.39 is 0 Å². The molecule has 0 aromatic heterocycles. The Kier molecular flexibility index (Phi) is 4.02. The first-order valence-corrected chi connectivity index (χ1v) is 6.79. The largest absolute Gasteiger partial charge is 0.344 e. The Labute approximate surface area is 103 Å². The Balaban J connectivity index is 1.84. The topological polar surface area (TPSA) is 49.4 Å². The van der Waals surface area contributed by atoms with Crippen LogP contribution in [0.3, 0.4) is 0 Å². The number of amides is 2. The minimum Gasteiger partial charge on any atom is -0.344 e. The first kappa shape index (κ1) is 12.4. The molecule has 4 nitrogen and oxygen atoms in total. The molecular weight excluding hydrogens is 216 g/mol. The molecule has 2 amide bonds. The molecule has 2 fully saturated rings. The van der Waals surface area contributed by atoms with Crippen LogP contribution in [0.5, 0.6) is 0 Å². The Morgan fingerprint density at radius 2 is 2.12 bits per heavy atom. The van der Waals surface area contributed by atoms with Crippen molar-refractivity contribution in [3.63, 3.8) is 0 Å². The summed E-state index contributed by atoms with van der Waals surface area (Å²) in [7, 11) is 0. The van der Waals surface area contributed by atoms with E-state index in [0.717, 1.165) is 18.9 Å². The third-order valence-electron chi connectivity index (χ3n) is 3.70. The zero-order valence-corrected chi connectivity index (χ0v) is 10.6. The Morgan fingerprint density at radius 1 is 1.35 bits per heavy atom. The maximum atomic E-state index is 12.1. The predicted molar refractivity (Wildman–Crippen MR) is 65.4 cm³/mol. The van der Waals surface area contributed by atoms with Crippen LogP contribution in [0.15, 0.2) is 0 Å². The van der Waals surface area contributed by atoms with Gasteiger partial charge in [0.25, 0.3) is 0 Å². The van der Waals surface area contributed by atoms with Gasteiger partial charge in [-0.3, -0.25) is 9.59 Å². The lowest BCUT2D eigenvalue weighted by Crippen LogP contribution is -2.44. The first-order chi connectivity index (χ1) is 8.20. The molecule has 1 atom stereocenters. The maximum absolute atomic E-state index is 12.1. The number of rotatable bonds is 5. The molecule has 1 aliphatic carbocycles. The highest BCUT2D eigenvalue weighted by molar-refractivity contribution is 5.89. The molecule has 0 bridgehead atoms. The summed E-state index contributed by atoms with van der Waals surface area (Å²) in [5.41, 5.74) is 0. The number of carbonyl (C=O) groups is 2. The summed E-state index contributed by atoms with van der Waals surface area (Å²) >= 11 is 0. The number of nitrogens with one attached hydrogen (secondary N) is 1. The molecule has 2 aliphatic rings. The molecule has 4 heteroatoms. The van der Waals surface area contributed by atoms with Crippen LogP contribution in [0.1, 0.15) is 45.4 Å². The van der Waals surface area contributed by atoms with E-state index in [9.17, 15) is 9.59 Å². The number of hydrogen-bond acceptors (Lipinski definition) is 2. The molecule has 1 heterocycles. The van der Waals surface area contributed by atoms with Gasteiger partial charge in [0, 0.05) is 19.5 Å². The highest BCUT2D eigenvalue weighted by Gasteiger charge is 2.28. The van der Waals surface area contributed by atoms with Crippen molar-refractivity contribution in [3.8, 4) is 0 Å². The smallest absolute Gasteiger partial charge is 0.245 e. The molecule has 96 valence electrons. The third-order valence-corrected chi connectivity index (χ3v) is 3.70. The summed E-state index contributed by atoms with van der Waals surface area (Å²) in [6.45, 7) is 3.35. The van der Waals surface area contributed by atoms with E-state index in [4.69, 9.17) is 0 Å². The minimum atomic E-state index is -0.300. The first-order valence-electron chi connectivity index (χ1n) is 6.79. The van der Waals surface area contributed by atoms with Gasteiger partial charge >= 0.3 is 0 Å². The van der Waals surface area contributed by atoms with Gasteiger partial charge in [0.15, 0.2) is 0 Å². The van der Waals surface area contributed by atoms with Gasteiger partial charge in [-0.15, -0.1) is 0 Å². The van der Waals surface area contributed by atoms with Crippen molar-refractivity contribution < 1.29 is 9.59 Å². The van der Waals surface area contributed by atoms with Crippen molar-refractivity contribution in [1.29, 1.82) is 0 Å². The summed E-state index contributed by atoms with van der Waals surface area (Å²) in [4.78, 5) is 25.4. The van der Waals surface area contributed by atoms with Crippen LogP contribution in [-0.4, -0.2) is 35.8 Å². The highest BCUT2D eigenvalue weighted by atomic mass is 16.2. The van der Waals surface area contributed by atoms with Gasteiger partial charge in [-0.25, -0.2) is 0 Å². The average molecular weight is 238 g/mol. The Hall–Kier alpha value is -1.06. The maximum Gasteiger partial charge on any atom is 0.245 e. The summed E-state index contributed by atoms with van der Waals surface area (Å²) in [5.74, 6) is 1.03. The van der Waals surface area contributed by atoms with Gasteiger partial charge in [-0.2, -0.15) is 0 Å². The van der Waals surface area contributed by atoms with Gasteiger partial charge < -0.3 is 10.2 Å². The number of nitrogens with zero attached hydrogens (tertiary/aromatic N) is 1. The molecule has 0 radical (unpaired) electrons. The van der Waals surface area contributed by atoms with E-state index in [-0.39, 0.29) is 17.9 Å². The molecule has 1 N–H and O–H groups in total. The molecule has 0 spiro atoms. The molecule has 0 aromatic carbocycles. The summed E-state index contributed by atoms with van der Waals surface area (Å²) < 4.78 is 0. The molecule has 1 saturated carbocycles. The van der Waals surface area contributed by atoms with Crippen molar-refractivity contribution in [2.24, 2.45) is 5.92 Å². The summed E-state index contributed by atoms with van der Waals surface area (Å²) in [5, 5.41) is 2.79. The van der Waals surface area contributed by atoms with Gasteiger partial charge in [-0.1, -0.05) is 19.8 Å². The summed E-state index contributed by atoms with van der Waals surface area (Å²) in [6.07, 6.45) is 6.19. The minimum absolute atomic E-state index is 0.00916. The zero-order chi connectivity index (χ0) is 12.3. The van der Waals surface area contributed by atoms with E-state index in [2.05, 4.69) is 5.32 Å². The van der Waals surface area contributed by atoms with Crippen LogP contribution < -0.4 is 5.32 Å². The normalized spacial score (nSPS) is 25.7. The van der Waals surface area contributed by atoms with Gasteiger partial charge in [0.1, 0.15) is 6.04 Å². The zero-order valence-electron chi connectivity index (χ0n) is 10.6. The predicted octanol–water partition coefficient (Wildman–Crippen LogP) is 1.30. The highest BCUT2D eigenvalue weighted by Crippen LogP contribution is 2.33. The standard InChI is InChI=1S/C13H22N2O2/c1-2-11-13(17)15(9-7-12(16)14-11)8-3-4-10-5-6-10/h10-11H,2-9H2,1H3,(H,14,16). The molecular formula is C13H22N2O2. The quantitative estimate of drug-likeness (QED) is 0.785. The molecule has 17 heavy (non-hydrogen) atoms. The Bertz CT molecular complexity index is 300. The van der Waals surface area contributed by atoms with Crippen molar-refractivity contribution in [2.45, 2.75) is 51.5 Å². The van der Waals surface area contributed by atoms with Crippen molar-refractivity contribution >= 4 is 11.8 Å². The average Bonchev–Trinajstić information content (AvgIpc) is 3.13. The summed E-state index contributed by atoms with van der Waals surface area (Å²) in [6, 6.07) is -0.300. The van der Waals surface area contributed by atoms with E-state index in [0.29, 0.717) is 19.4 Å². The van der Waals surface area contributed by atoms with E-state index in [1.54, 1.807) is 0 Å². The molecule has 0 aromatic rings. The number of carbonyl (C=O) groups excluding carboxylic acids is 2. The van der Waals surface area contributed by atoms with E-state index in [1.807, 2.05) is 11.8 Å². The van der Waals surface area contributed by atoms with Crippen LogP contribution >= 0.6 is 0 Å². The molecule has 2 rings (SSSR count). The van der Waals surface area contributed by atoms with Crippen molar-refractivity contribution in [2.75, 3.05) is 13.1 Å². The number of hydrogen-bond donors (Lipinski definition) is 1. The Morgan fingerprint density at radius 3 is 2.76 bits per heavy atom. The lowest BCUT2D eigenvalue weighted by atomic mass is 10.1. The monoisotopic (exact) mass is 238 g/mol. The molecule has 1 unspecified atom stereocenters. The fraction of sp³-hybridized carbons (Fsp3) is 0.846. The lowest BCUT2D eigenvalue weighted by molar-refractivity contribution is -0.133. The molecule has 1 saturated heterocycles. The SMILES string of the molecule is CCC1NC(=O)CCN(CCCC2CC2)C1=O.